The van der Waals surface area contributed by atoms with Crippen molar-refractivity contribution in [2.75, 3.05) is 6.61 Å². The van der Waals surface area contributed by atoms with E-state index in [1.807, 2.05) is 30.3 Å². The van der Waals surface area contributed by atoms with Crippen molar-refractivity contribution in [3.63, 3.8) is 0 Å². The van der Waals surface area contributed by atoms with Crippen LogP contribution in [0.3, 0.4) is 0 Å². The highest BCUT2D eigenvalue weighted by molar-refractivity contribution is 5.67. The topological polar surface area (TPSA) is 112 Å². The minimum absolute atomic E-state index is 0.103. The molecule has 2 aliphatic heterocycles. The number of fused-ring (bicyclic) bond motifs is 3. The normalized spacial score (nSPS) is 25.9. The van der Waals surface area contributed by atoms with Gasteiger partial charge in [-0.05, 0) is 5.56 Å². The van der Waals surface area contributed by atoms with Crippen LogP contribution in [-0.4, -0.2) is 45.7 Å². The van der Waals surface area contributed by atoms with E-state index in [0.717, 1.165) is 5.56 Å². The van der Waals surface area contributed by atoms with Crippen LogP contribution in [0.1, 0.15) is 11.8 Å². The summed E-state index contributed by atoms with van der Waals surface area (Å²) in [5.74, 6) is 0. The second kappa shape index (κ2) is 6.77. The number of benzene rings is 1. The number of carbonyl (C=O) groups excluding carboxylic acids is 1. The second-order valence-electron chi connectivity index (χ2n) is 6.03. The molecule has 26 heavy (non-hydrogen) atoms. The molecular formula is C17H17N3O6. The molecule has 1 fully saturated rings. The summed E-state index contributed by atoms with van der Waals surface area (Å²) in [6.45, 7) is 0.218. The molecule has 0 saturated carbocycles. The van der Waals surface area contributed by atoms with Crippen molar-refractivity contribution in [3.05, 3.63) is 58.5 Å². The van der Waals surface area contributed by atoms with Crippen LogP contribution in [0.5, 0.6) is 6.01 Å². The number of rotatable bonds is 4. The summed E-state index contributed by atoms with van der Waals surface area (Å²) < 4.78 is 17.9. The minimum Gasteiger partial charge on any atom is -0.453 e. The maximum Gasteiger partial charge on any atom is 0.407 e. The van der Waals surface area contributed by atoms with Gasteiger partial charge in [-0.1, -0.05) is 30.3 Å². The van der Waals surface area contributed by atoms with Gasteiger partial charge in [0, 0.05) is 18.8 Å². The first-order valence-electron chi connectivity index (χ1n) is 8.16. The van der Waals surface area contributed by atoms with Gasteiger partial charge in [-0.15, -0.1) is 0 Å². The molecule has 1 aromatic carbocycles. The number of hydrogen-bond acceptors (Lipinski definition) is 7. The molecule has 136 valence electrons. The fourth-order valence-electron chi connectivity index (χ4n) is 2.99. The summed E-state index contributed by atoms with van der Waals surface area (Å²) in [6.07, 6.45) is -2.18. The molecule has 0 unspecified atom stereocenters. The number of ether oxygens (including phenoxy) is 3. The van der Waals surface area contributed by atoms with Crippen LogP contribution in [0.25, 0.3) is 0 Å². The largest absolute Gasteiger partial charge is 0.453 e. The highest BCUT2D eigenvalue weighted by Gasteiger charge is 2.51. The van der Waals surface area contributed by atoms with Crippen LogP contribution >= 0.6 is 0 Å². The maximum atomic E-state index is 11.8. The molecule has 2 aromatic rings. The van der Waals surface area contributed by atoms with Crippen molar-refractivity contribution in [2.45, 2.75) is 31.1 Å². The molecule has 1 aromatic heterocycles. The third-order valence-electron chi connectivity index (χ3n) is 4.29. The van der Waals surface area contributed by atoms with E-state index >= 15 is 0 Å². The van der Waals surface area contributed by atoms with Gasteiger partial charge in [0.2, 0.25) is 0 Å². The van der Waals surface area contributed by atoms with Gasteiger partial charge in [0.15, 0.2) is 12.3 Å². The number of hydrogen-bond donors (Lipinski definition) is 2. The van der Waals surface area contributed by atoms with E-state index in [1.165, 1.54) is 16.8 Å². The number of aliphatic hydroxyl groups excluding tert-OH is 1. The van der Waals surface area contributed by atoms with E-state index in [9.17, 15) is 14.7 Å². The average molecular weight is 359 g/mol. The molecule has 4 rings (SSSR count). The smallest absolute Gasteiger partial charge is 0.407 e. The van der Waals surface area contributed by atoms with Gasteiger partial charge in [-0.25, -0.2) is 4.79 Å². The zero-order valence-corrected chi connectivity index (χ0v) is 13.6. The maximum absolute atomic E-state index is 11.8. The molecule has 2 aliphatic rings. The molecular weight excluding hydrogens is 342 g/mol. The van der Waals surface area contributed by atoms with Crippen LogP contribution in [0.2, 0.25) is 0 Å². The van der Waals surface area contributed by atoms with Crippen LogP contribution in [-0.2, 0) is 16.0 Å². The Bertz CT molecular complexity index is 855. The second-order valence-corrected chi connectivity index (χ2v) is 6.03. The van der Waals surface area contributed by atoms with Crippen molar-refractivity contribution in [2.24, 2.45) is 0 Å². The number of aliphatic hydroxyl groups is 1. The van der Waals surface area contributed by atoms with Gasteiger partial charge < -0.3 is 24.6 Å². The Balaban J connectivity index is 1.31. The lowest BCUT2D eigenvalue weighted by Crippen LogP contribution is -2.37. The third kappa shape index (κ3) is 3.14. The van der Waals surface area contributed by atoms with Crippen molar-refractivity contribution >= 4 is 6.09 Å². The lowest BCUT2D eigenvalue weighted by Gasteiger charge is -2.17. The average Bonchev–Trinajstić information content (AvgIpc) is 3.15. The zero-order valence-electron chi connectivity index (χ0n) is 13.6. The Morgan fingerprint density at radius 1 is 1.31 bits per heavy atom. The third-order valence-corrected chi connectivity index (χ3v) is 4.29. The quantitative estimate of drug-likeness (QED) is 0.801. The van der Waals surface area contributed by atoms with Crippen molar-refractivity contribution in [1.82, 2.24) is 14.9 Å². The number of aromatic nitrogens is 2. The van der Waals surface area contributed by atoms with Crippen LogP contribution < -0.4 is 15.6 Å². The standard InChI is InChI=1S/C17H17N3O6/c21-12-6-7-20-15-14(26-16(20)19-12)13(22)11(25-15)9-24-17(23)18-8-10-4-2-1-3-5-10/h1-7,11,13-15,22H,8-9H2,(H,18,23)/t11-,13+,14+,15-/m1/s1. The number of nitrogens with one attached hydrogen (secondary N) is 1. The van der Waals surface area contributed by atoms with Crippen molar-refractivity contribution in [3.8, 4) is 6.01 Å². The van der Waals surface area contributed by atoms with Gasteiger partial charge in [-0.2, -0.15) is 4.98 Å². The first-order chi connectivity index (χ1) is 12.6. The summed E-state index contributed by atoms with van der Waals surface area (Å²) in [4.78, 5) is 26.8. The van der Waals surface area contributed by atoms with Crippen molar-refractivity contribution < 1.29 is 24.1 Å². The molecule has 9 nitrogen and oxygen atoms in total. The van der Waals surface area contributed by atoms with E-state index < -0.39 is 36.2 Å². The number of carbonyl (C=O) groups is 1. The lowest BCUT2D eigenvalue weighted by atomic mass is 10.1. The number of alkyl carbamates (subject to hydrolysis) is 1. The first kappa shape index (κ1) is 16.6. The Labute approximate surface area is 148 Å². The molecule has 1 saturated heterocycles. The van der Waals surface area contributed by atoms with E-state index in [1.54, 1.807) is 0 Å². The minimum atomic E-state index is -1.02. The Morgan fingerprint density at radius 3 is 2.92 bits per heavy atom. The molecule has 2 N–H and O–H groups in total. The monoisotopic (exact) mass is 359 g/mol. The molecule has 4 atom stereocenters. The molecule has 0 bridgehead atoms. The molecule has 9 heteroatoms. The summed E-state index contributed by atoms with van der Waals surface area (Å²) in [7, 11) is 0. The Morgan fingerprint density at radius 2 is 2.12 bits per heavy atom. The number of nitrogens with zero attached hydrogens (tertiary/aromatic N) is 2. The van der Waals surface area contributed by atoms with Crippen LogP contribution in [0, 0.1) is 0 Å². The van der Waals surface area contributed by atoms with Gasteiger partial charge in [0.25, 0.3) is 5.56 Å². The predicted octanol–water partition coefficient (Wildman–Crippen LogP) is 0.189. The van der Waals surface area contributed by atoms with Gasteiger partial charge in [-0.3, -0.25) is 9.36 Å². The van der Waals surface area contributed by atoms with E-state index in [4.69, 9.17) is 14.2 Å². The summed E-state index contributed by atoms with van der Waals surface area (Å²) in [6, 6.07) is 10.8. The van der Waals surface area contributed by atoms with Gasteiger partial charge in [0.05, 0.1) is 0 Å². The zero-order chi connectivity index (χ0) is 18.1. The fraction of sp³-hybridized carbons (Fsp3) is 0.353. The molecule has 0 radical (unpaired) electrons. The Hall–Kier alpha value is -2.91. The summed E-state index contributed by atoms with van der Waals surface area (Å²) in [5.41, 5.74) is 0.517. The van der Waals surface area contributed by atoms with Crippen LogP contribution in [0.4, 0.5) is 4.79 Å². The lowest BCUT2D eigenvalue weighted by molar-refractivity contribution is -0.0467. The predicted molar refractivity (Wildman–Crippen MR) is 87.5 cm³/mol. The van der Waals surface area contributed by atoms with Crippen molar-refractivity contribution in [1.29, 1.82) is 0 Å². The van der Waals surface area contributed by atoms with Crippen LogP contribution in [0.15, 0.2) is 47.4 Å². The van der Waals surface area contributed by atoms with E-state index in [2.05, 4.69) is 10.3 Å². The Kier molecular flexibility index (Phi) is 4.31. The van der Waals surface area contributed by atoms with Gasteiger partial charge >= 0.3 is 12.1 Å². The molecule has 3 heterocycles. The highest BCUT2D eigenvalue weighted by atomic mass is 16.6. The highest BCUT2D eigenvalue weighted by Crippen LogP contribution is 2.38. The number of amides is 1. The molecule has 0 aliphatic carbocycles. The van der Waals surface area contributed by atoms with E-state index in [0.29, 0.717) is 6.54 Å². The molecule has 1 amide bonds. The first-order valence-corrected chi connectivity index (χ1v) is 8.16. The SMILES string of the molecule is O=C(NCc1ccccc1)OC[C@H]1O[C@@H]2[C@@H](Oc3nc(=O)ccn32)[C@H]1O. The van der Waals surface area contributed by atoms with Gasteiger partial charge in [0.1, 0.15) is 18.8 Å². The summed E-state index contributed by atoms with van der Waals surface area (Å²) in [5, 5.41) is 13.0. The molecule has 0 spiro atoms. The summed E-state index contributed by atoms with van der Waals surface area (Å²) >= 11 is 0. The van der Waals surface area contributed by atoms with E-state index in [-0.39, 0.29) is 12.6 Å². The fourth-order valence-corrected chi connectivity index (χ4v) is 2.99.